The molecular formula is C32H44BrP. The molecule has 0 fully saturated rings. The van der Waals surface area contributed by atoms with Crippen LogP contribution in [-0.4, -0.2) is 6.16 Å². The van der Waals surface area contributed by atoms with Crippen LogP contribution in [0, 0.1) is 17.8 Å². The molecule has 0 unspecified atom stereocenters. The molecule has 3 aromatic rings. The molecule has 2 atom stereocenters. The van der Waals surface area contributed by atoms with Crippen molar-refractivity contribution in [3.63, 3.8) is 0 Å². The molecule has 3 aromatic carbocycles. The van der Waals surface area contributed by atoms with E-state index >= 15 is 0 Å². The van der Waals surface area contributed by atoms with Crippen molar-refractivity contribution in [1.82, 2.24) is 0 Å². The second-order valence-electron chi connectivity index (χ2n) is 10.5. The van der Waals surface area contributed by atoms with Gasteiger partial charge in [0.05, 0.1) is 6.16 Å². The molecule has 0 aliphatic rings. The van der Waals surface area contributed by atoms with Gasteiger partial charge in [0.1, 0.15) is 23.2 Å². The van der Waals surface area contributed by atoms with Crippen LogP contribution in [0.4, 0.5) is 0 Å². The second kappa shape index (κ2) is 14.9. The summed E-state index contributed by atoms with van der Waals surface area (Å²) in [6, 6.07) is 34.0. The number of halogens is 1. The van der Waals surface area contributed by atoms with Crippen LogP contribution in [0.25, 0.3) is 0 Å². The highest BCUT2D eigenvalue weighted by molar-refractivity contribution is 7.95. The SMILES string of the molecule is CC(C)CCC[C@@H](C)CCC[C@@H](C)C[P+](c1ccccc1)(c1ccccc1)c1ccccc1.[Br-]. The summed E-state index contributed by atoms with van der Waals surface area (Å²) < 4.78 is 0. The minimum atomic E-state index is -1.70. The third-order valence-electron chi connectivity index (χ3n) is 7.05. The Hall–Kier alpha value is -1.43. The van der Waals surface area contributed by atoms with Gasteiger partial charge in [-0.2, -0.15) is 0 Å². The van der Waals surface area contributed by atoms with Crippen LogP contribution in [0.5, 0.6) is 0 Å². The Morgan fingerprint density at radius 1 is 0.500 bits per heavy atom. The Labute approximate surface area is 220 Å². The van der Waals surface area contributed by atoms with Crippen molar-refractivity contribution in [1.29, 1.82) is 0 Å². The zero-order chi connectivity index (χ0) is 23.5. The summed E-state index contributed by atoms with van der Waals surface area (Å²) in [4.78, 5) is 0. The fourth-order valence-corrected chi connectivity index (χ4v) is 9.89. The van der Waals surface area contributed by atoms with Gasteiger partial charge < -0.3 is 17.0 Å². The maximum absolute atomic E-state index is 2.49. The second-order valence-corrected chi connectivity index (χ2v) is 14.0. The highest BCUT2D eigenvalue weighted by Crippen LogP contribution is 2.57. The summed E-state index contributed by atoms with van der Waals surface area (Å²) in [6.45, 7) is 9.63. The molecule has 0 nitrogen and oxygen atoms in total. The van der Waals surface area contributed by atoms with Gasteiger partial charge in [0, 0.05) is 0 Å². The van der Waals surface area contributed by atoms with Gasteiger partial charge in [-0.1, -0.05) is 114 Å². The number of hydrogen-bond acceptors (Lipinski definition) is 0. The lowest BCUT2D eigenvalue weighted by Gasteiger charge is -2.30. The molecule has 2 heteroatoms. The van der Waals surface area contributed by atoms with Gasteiger partial charge in [0.15, 0.2) is 0 Å². The monoisotopic (exact) mass is 538 g/mol. The summed E-state index contributed by atoms with van der Waals surface area (Å²) in [7, 11) is -1.70. The van der Waals surface area contributed by atoms with Gasteiger partial charge >= 0.3 is 0 Å². The van der Waals surface area contributed by atoms with E-state index in [1.165, 1.54) is 60.6 Å². The van der Waals surface area contributed by atoms with E-state index in [-0.39, 0.29) is 17.0 Å². The Balaban J connectivity index is 0.00000408. The van der Waals surface area contributed by atoms with Gasteiger partial charge in [0.25, 0.3) is 0 Å². The predicted molar refractivity (Wildman–Crippen MR) is 151 cm³/mol. The fraction of sp³-hybridized carbons (Fsp3) is 0.438. The van der Waals surface area contributed by atoms with Crippen LogP contribution in [0.1, 0.15) is 66.2 Å². The zero-order valence-corrected chi connectivity index (χ0v) is 24.1. The zero-order valence-electron chi connectivity index (χ0n) is 21.7. The molecule has 0 aliphatic heterocycles. The lowest BCUT2D eigenvalue weighted by Crippen LogP contribution is -3.00. The predicted octanol–water partition coefficient (Wildman–Crippen LogP) is 5.25. The minimum absolute atomic E-state index is 0. The van der Waals surface area contributed by atoms with E-state index in [4.69, 9.17) is 0 Å². The number of rotatable bonds is 13. The highest BCUT2D eigenvalue weighted by atomic mass is 79.9. The van der Waals surface area contributed by atoms with Crippen LogP contribution in [0.3, 0.4) is 0 Å². The molecule has 0 N–H and O–H groups in total. The van der Waals surface area contributed by atoms with Crippen molar-refractivity contribution < 1.29 is 17.0 Å². The van der Waals surface area contributed by atoms with Gasteiger partial charge in [-0.3, -0.25) is 0 Å². The standard InChI is InChI=1S/C32H44P.BrH/c1-27(2)16-14-17-28(3)18-15-19-29(4)26-33(30-20-8-5-9-21-30,31-22-10-6-11-23-31)32-24-12-7-13-25-32;/h5-13,20-25,27-29H,14-19,26H2,1-4H3;1H/q+1;/p-1/t28-,29-;/m1./s1. The highest BCUT2D eigenvalue weighted by Gasteiger charge is 2.45. The van der Waals surface area contributed by atoms with Crippen LogP contribution < -0.4 is 32.9 Å². The van der Waals surface area contributed by atoms with Crippen molar-refractivity contribution in [2.75, 3.05) is 6.16 Å². The van der Waals surface area contributed by atoms with Crippen LogP contribution in [0.15, 0.2) is 91.0 Å². The van der Waals surface area contributed by atoms with Crippen molar-refractivity contribution >= 4 is 23.2 Å². The summed E-state index contributed by atoms with van der Waals surface area (Å²) in [6.07, 6.45) is 9.44. The van der Waals surface area contributed by atoms with Gasteiger partial charge in [-0.05, 0) is 60.6 Å². The van der Waals surface area contributed by atoms with E-state index in [0.717, 1.165) is 11.8 Å². The van der Waals surface area contributed by atoms with Crippen molar-refractivity contribution in [3.8, 4) is 0 Å². The molecule has 0 spiro atoms. The van der Waals surface area contributed by atoms with E-state index in [1.807, 2.05) is 0 Å². The molecule has 0 saturated carbocycles. The lowest BCUT2D eigenvalue weighted by atomic mass is 9.94. The Kier molecular flexibility index (Phi) is 12.6. The first-order valence-corrected chi connectivity index (χ1v) is 15.0. The fourth-order valence-electron chi connectivity index (χ4n) is 5.20. The molecular weight excluding hydrogens is 495 g/mol. The largest absolute Gasteiger partial charge is 1.00 e. The van der Waals surface area contributed by atoms with Crippen LogP contribution in [0.2, 0.25) is 0 Å². The summed E-state index contributed by atoms with van der Waals surface area (Å²) in [5.41, 5.74) is 0. The Morgan fingerprint density at radius 3 is 1.24 bits per heavy atom. The normalized spacial score (nSPS) is 13.3. The lowest BCUT2D eigenvalue weighted by molar-refractivity contribution is -0.00000715. The molecule has 0 radical (unpaired) electrons. The molecule has 0 bridgehead atoms. The number of hydrogen-bond donors (Lipinski definition) is 0. The number of benzene rings is 3. The first kappa shape index (κ1) is 28.8. The third-order valence-corrected chi connectivity index (χ3v) is 11.8. The molecule has 0 aliphatic carbocycles. The summed E-state index contributed by atoms with van der Waals surface area (Å²) in [5, 5.41) is 4.53. The Morgan fingerprint density at radius 2 is 0.853 bits per heavy atom. The maximum atomic E-state index is 2.49. The quantitative estimate of drug-likeness (QED) is 0.260. The van der Waals surface area contributed by atoms with E-state index in [0.29, 0.717) is 5.92 Å². The molecule has 3 rings (SSSR count). The molecule has 0 amide bonds. The summed E-state index contributed by atoms with van der Waals surface area (Å²) in [5.74, 6) is 2.39. The van der Waals surface area contributed by atoms with Crippen LogP contribution >= 0.6 is 7.26 Å². The van der Waals surface area contributed by atoms with Crippen molar-refractivity contribution in [2.24, 2.45) is 17.8 Å². The first-order chi connectivity index (χ1) is 16.0. The molecule has 184 valence electrons. The van der Waals surface area contributed by atoms with E-state index in [9.17, 15) is 0 Å². The van der Waals surface area contributed by atoms with Gasteiger partial charge in [0.2, 0.25) is 0 Å². The molecule has 0 heterocycles. The molecule has 0 aromatic heterocycles. The minimum Gasteiger partial charge on any atom is -1.00 e. The third kappa shape index (κ3) is 8.07. The van der Waals surface area contributed by atoms with Gasteiger partial charge in [-0.15, -0.1) is 0 Å². The van der Waals surface area contributed by atoms with E-state index < -0.39 is 7.26 Å². The van der Waals surface area contributed by atoms with E-state index in [1.54, 1.807) is 0 Å². The van der Waals surface area contributed by atoms with Gasteiger partial charge in [-0.25, -0.2) is 0 Å². The maximum Gasteiger partial charge on any atom is 0.112 e. The molecule has 0 saturated heterocycles. The van der Waals surface area contributed by atoms with Crippen molar-refractivity contribution in [2.45, 2.75) is 66.2 Å². The van der Waals surface area contributed by atoms with Crippen LogP contribution in [-0.2, 0) is 0 Å². The average molecular weight is 540 g/mol. The first-order valence-electron chi connectivity index (χ1n) is 13.1. The van der Waals surface area contributed by atoms with E-state index in [2.05, 4.69) is 119 Å². The molecule has 34 heavy (non-hydrogen) atoms. The Bertz CT molecular complexity index is 811. The topological polar surface area (TPSA) is 0 Å². The summed E-state index contributed by atoms with van der Waals surface area (Å²) >= 11 is 0. The van der Waals surface area contributed by atoms with Crippen molar-refractivity contribution in [3.05, 3.63) is 91.0 Å². The average Bonchev–Trinajstić information content (AvgIpc) is 2.84. The smallest absolute Gasteiger partial charge is 0.112 e.